The largest absolute Gasteiger partial charge is 2.00 e. The molecule has 0 saturated carbocycles. The van der Waals surface area contributed by atoms with E-state index in [-0.39, 0.29) is 44.1 Å². The minimum atomic E-state index is -4.58. The third kappa shape index (κ3) is 5.11. The first-order chi connectivity index (χ1) is 16.1. The fourth-order valence-electron chi connectivity index (χ4n) is 3.09. The maximum atomic E-state index is 12.9. The van der Waals surface area contributed by atoms with Gasteiger partial charge in [0, 0.05) is 28.6 Å². The van der Waals surface area contributed by atoms with E-state index in [9.17, 15) is 13.2 Å². The second kappa shape index (κ2) is 9.73. The van der Waals surface area contributed by atoms with E-state index in [4.69, 9.17) is 11.8 Å². The van der Waals surface area contributed by atoms with Crippen molar-refractivity contribution in [2.75, 3.05) is 0 Å². The van der Waals surface area contributed by atoms with Crippen LogP contribution in [0, 0.1) is 30.3 Å². The predicted octanol–water partition coefficient (Wildman–Crippen LogP) is 4.48. The van der Waals surface area contributed by atoms with Crippen LogP contribution in [0.15, 0.2) is 42.5 Å². The topological polar surface area (TPSA) is 97.5 Å². The van der Waals surface area contributed by atoms with Crippen LogP contribution in [0.4, 0.5) is 19.0 Å². The van der Waals surface area contributed by atoms with Crippen molar-refractivity contribution in [3.05, 3.63) is 89.1 Å². The van der Waals surface area contributed by atoms with Crippen LogP contribution >= 0.6 is 0 Å². The molecule has 0 amide bonds. The average molecular weight is 653 g/mol. The zero-order valence-corrected chi connectivity index (χ0v) is 20.3. The van der Waals surface area contributed by atoms with Crippen molar-refractivity contribution in [2.24, 2.45) is 0 Å². The van der Waals surface area contributed by atoms with Crippen LogP contribution in [0.25, 0.3) is 22.1 Å². The molecule has 176 valence electrons. The van der Waals surface area contributed by atoms with Crippen LogP contribution in [0.5, 0.6) is 0 Å². The molecule has 4 rings (SSSR count). The second-order valence-corrected chi connectivity index (χ2v) is 7.56. The summed E-state index contributed by atoms with van der Waals surface area (Å²) in [5.74, 6) is 0.0241. The number of aromatic nitrogens is 6. The van der Waals surface area contributed by atoms with Crippen LogP contribution in [-0.4, -0.2) is 29.7 Å². The van der Waals surface area contributed by atoms with Crippen molar-refractivity contribution in [1.29, 1.82) is 5.26 Å². The van der Waals surface area contributed by atoms with Gasteiger partial charge < -0.3 is 19.5 Å². The Morgan fingerprint density at radius 2 is 1.71 bits per heavy atom. The van der Waals surface area contributed by atoms with Gasteiger partial charge in [0.2, 0.25) is 5.82 Å². The van der Waals surface area contributed by atoms with Gasteiger partial charge in [-0.2, -0.15) is 18.2 Å². The second-order valence-electron chi connectivity index (χ2n) is 7.56. The maximum absolute atomic E-state index is 12.9. The van der Waals surface area contributed by atoms with E-state index in [2.05, 4.69) is 42.3 Å². The van der Waals surface area contributed by atoms with Crippen molar-refractivity contribution in [3.8, 4) is 23.3 Å². The van der Waals surface area contributed by atoms with Crippen LogP contribution < -0.4 is 0 Å². The summed E-state index contributed by atoms with van der Waals surface area (Å²) in [5.41, 5.74) is -0.251. The Morgan fingerprint density at radius 3 is 2.34 bits per heavy atom. The van der Waals surface area contributed by atoms with Crippen LogP contribution in [0.1, 0.15) is 36.6 Å². The van der Waals surface area contributed by atoms with Gasteiger partial charge >= 0.3 is 27.2 Å². The summed E-state index contributed by atoms with van der Waals surface area (Å²) >= 11 is 0. The molecule has 0 aromatic carbocycles. The fraction of sp³-hybridized carbons (Fsp3) is 0.174. The summed E-state index contributed by atoms with van der Waals surface area (Å²) in [7, 11) is 0. The number of halogens is 3. The first kappa shape index (κ1) is 25.7. The van der Waals surface area contributed by atoms with Gasteiger partial charge in [-0.05, 0) is 32.2 Å². The fourth-order valence-corrected chi connectivity index (χ4v) is 3.09. The van der Waals surface area contributed by atoms with Gasteiger partial charge in [0.15, 0.2) is 0 Å². The van der Waals surface area contributed by atoms with Crippen LogP contribution in [0.3, 0.4) is 0 Å². The maximum Gasteiger partial charge on any atom is 2.00 e. The molecule has 0 fully saturated rings. The standard InChI is InChI=1S/C23H13F3N8.Pt/c1-22(2,18-8-5-9-20(32-18)34-11-10-19(33-34)23(24,25)26)17-7-4-6-14(30-17)16-13-29-15(12-27)21(28-3)31-16;/h4-10H,1-2H3;/q-2;+2. The molecule has 0 aliphatic heterocycles. The summed E-state index contributed by atoms with van der Waals surface area (Å²) in [6.07, 6.45) is 0.487. The van der Waals surface area contributed by atoms with E-state index in [1.165, 1.54) is 6.07 Å². The molecule has 0 unspecified atom stereocenters. The molecule has 8 nitrogen and oxygen atoms in total. The number of nitrogens with zero attached hydrogens (tertiary/aromatic N) is 8. The van der Waals surface area contributed by atoms with Crippen molar-refractivity contribution in [1.82, 2.24) is 29.7 Å². The first-order valence-corrected chi connectivity index (χ1v) is 9.71. The van der Waals surface area contributed by atoms with Gasteiger partial charge in [-0.1, -0.05) is 37.0 Å². The Balaban J connectivity index is 0.00000342. The molecule has 0 radical (unpaired) electrons. The Labute approximate surface area is 212 Å². The van der Waals surface area contributed by atoms with Gasteiger partial charge in [0.05, 0.1) is 22.9 Å². The number of hydrogen-bond acceptors (Lipinski definition) is 6. The minimum Gasteiger partial charge on any atom is -0.381 e. The minimum absolute atomic E-state index is 0. The van der Waals surface area contributed by atoms with E-state index < -0.39 is 17.3 Å². The molecular formula is C23H13F3N8Pt. The van der Waals surface area contributed by atoms with E-state index in [1.807, 2.05) is 13.8 Å². The monoisotopic (exact) mass is 653 g/mol. The molecular weight excluding hydrogens is 640 g/mol. The first-order valence-electron chi connectivity index (χ1n) is 9.71. The van der Waals surface area contributed by atoms with Crippen molar-refractivity contribution < 1.29 is 34.2 Å². The zero-order chi connectivity index (χ0) is 24.5. The molecule has 0 atom stereocenters. The number of alkyl halides is 3. The van der Waals surface area contributed by atoms with Gasteiger partial charge in [0.1, 0.15) is 0 Å². The molecule has 0 bridgehead atoms. The molecule has 0 aliphatic carbocycles. The third-order valence-electron chi connectivity index (χ3n) is 4.96. The molecule has 0 N–H and O–H groups in total. The normalized spacial score (nSPS) is 11.3. The Hall–Kier alpha value is -3.95. The van der Waals surface area contributed by atoms with Crippen molar-refractivity contribution in [3.63, 3.8) is 0 Å². The van der Waals surface area contributed by atoms with Gasteiger partial charge in [-0.3, -0.25) is 10.1 Å². The van der Waals surface area contributed by atoms with Gasteiger partial charge in [0.25, 0.3) is 0 Å². The summed E-state index contributed by atoms with van der Waals surface area (Å²) in [4.78, 5) is 20.3. The number of nitriles is 1. The number of pyridine rings is 2. The van der Waals surface area contributed by atoms with Gasteiger partial charge in [-0.15, -0.1) is 6.07 Å². The average Bonchev–Trinajstić information content (AvgIpc) is 3.35. The summed E-state index contributed by atoms with van der Waals surface area (Å²) in [5, 5.41) is 12.6. The summed E-state index contributed by atoms with van der Waals surface area (Å²) in [6.45, 7) is 10.9. The third-order valence-corrected chi connectivity index (χ3v) is 4.96. The van der Waals surface area contributed by atoms with Crippen LogP contribution in [0.2, 0.25) is 0 Å². The molecule has 0 aliphatic rings. The molecule has 0 saturated heterocycles. The smallest absolute Gasteiger partial charge is 0.381 e. The van der Waals surface area contributed by atoms with E-state index in [0.717, 1.165) is 10.7 Å². The Kier molecular flexibility index (Phi) is 7.14. The quantitative estimate of drug-likeness (QED) is 0.302. The zero-order valence-electron chi connectivity index (χ0n) is 18.1. The Bertz CT molecular complexity index is 1460. The van der Waals surface area contributed by atoms with E-state index in [0.29, 0.717) is 17.1 Å². The molecule has 12 heteroatoms. The molecule has 4 aromatic heterocycles. The van der Waals surface area contributed by atoms with E-state index in [1.54, 1.807) is 36.4 Å². The summed E-state index contributed by atoms with van der Waals surface area (Å²) in [6, 6.07) is 12.7. The number of hydrogen-bond donors (Lipinski definition) is 0. The SMILES string of the molecule is [C-]#[N+]c1nc(-c2cccc(C(C)(C)c3cccc(-n4[c-]cc(C(F)(F)F)n4)n3)n2)[c-]nc1C#N.[Pt+2]. The number of rotatable bonds is 4. The summed E-state index contributed by atoms with van der Waals surface area (Å²) < 4.78 is 39.7. The molecule has 0 spiro atoms. The van der Waals surface area contributed by atoms with Crippen molar-refractivity contribution in [2.45, 2.75) is 25.4 Å². The van der Waals surface area contributed by atoms with E-state index >= 15 is 0 Å². The molecule has 4 heterocycles. The molecule has 4 aromatic rings. The Morgan fingerprint density at radius 1 is 1.03 bits per heavy atom. The van der Waals surface area contributed by atoms with Crippen molar-refractivity contribution >= 4 is 5.82 Å². The molecule has 35 heavy (non-hydrogen) atoms. The predicted molar refractivity (Wildman–Crippen MR) is 112 cm³/mol. The van der Waals surface area contributed by atoms with Gasteiger partial charge in [-0.25, -0.2) is 5.26 Å². The van der Waals surface area contributed by atoms with Crippen LogP contribution in [-0.2, 0) is 32.7 Å².